The van der Waals surface area contributed by atoms with Gasteiger partial charge in [0.15, 0.2) is 0 Å². The van der Waals surface area contributed by atoms with Crippen molar-refractivity contribution in [3.8, 4) is 0 Å². The van der Waals surface area contributed by atoms with E-state index >= 15 is 0 Å². The van der Waals surface area contributed by atoms with E-state index in [0.717, 1.165) is 24.0 Å². The lowest BCUT2D eigenvalue weighted by molar-refractivity contribution is -0.122. The number of hydrogen-bond donors (Lipinski definition) is 5. The molecular formula is C33H44N4O6S. The highest BCUT2D eigenvalue weighted by molar-refractivity contribution is 7.92. The van der Waals surface area contributed by atoms with Crippen molar-refractivity contribution < 1.29 is 28.2 Å². The average molecular weight is 625 g/mol. The van der Waals surface area contributed by atoms with Crippen LogP contribution in [0.2, 0.25) is 0 Å². The fraction of sp³-hybridized carbons (Fsp3) is 0.394. The summed E-state index contributed by atoms with van der Waals surface area (Å²) < 4.78 is 27.0. The van der Waals surface area contributed by atoms with Gasteiger partial charge in [-0.2, -0.15) is 0 Å². The Hall–Kier alpha value is -3.93. The van der Waals surface area contributed by atoms with Gasteiger partial charge in [-0.25, -0.2) is 8.42 Å². The van der Waals surface area contributed by atoms with Gasteiger partial charge in [-0.3, -0.25) is 13.9 Å². The maximum absolute atomic E-state index is 13.6. The number of nitrogens with one attached hydrogen (secondary N) is 3. The molecule has 44 heavy (non-hydrogen) atoms. The second kappa shape index (κ2) is 17.4. The molecule has 2 atom stereocenters. The van der Waals surface area contributed by atoms with Crippen molar-refractivity contribution >= 4 is 33.8 Å². The summed E-state index contributed by atoms with van der Waals surface area (Å²) in [6.07, 6.45) is 1.96. The zero-order valence-electron chi connectivity index (χ0n) is 25.4. The van der Waals surface area contributed by atoms with Crippen LogP contribution in [-0.2, 0) is 34.2 Å². The first-order valence-electron chi connectivity index (χ1n) is 15.0. The summed E-state index contributed by atoms with van der Waals surface area (Å²) in [5.74, 6) is -0.267. The van der Waals surface area contributed by atoms with Crippen molar-refractivity contribution in [2.24, 2.45) is 0 Å². The van der Waals surface area contributed by atoms with Crippen LogP contribution in [0.15, 0.2) is 72.8 Å². The first kappa shape index (κ1) is 34.6. The van der Waals surface area contributed by atoms with Crippen molar-refractivity contribution in [1.29, 1.82) is 0 Å². The monoisotopic (exact) mass is 624 g/mol. The fourth-order valence-electron chi connectivity index (χ4n) is 5.14. The number of anilines is 2. The Kier molecular flexibility index (Phi) is 13.7. The Morgan fingerprint density at radius 1 is 0.977 bits per heavy atom. The van der Waals surface area contributed by atoms with E-state index in [0.29, 0.717) is 56.0 Å². The number of hydrogen-bond acceptors (Lipinski definition) is 7. The van der Waals surface area contributed by atoms with Gasteiger partial charge in [-0.15, -0.1) is 0 Å². The molecule has 4 rings (SSSR count). The first-order valence-corrected chi connectivity index (χ1v) is 16.6. The van der Waals surface area contributed by atoms with Gasteiger partial charge in [0.25, 0.3) is 12.4 Å². The zero-order valence-corrected chi connectivity index (χ0v) is 26.2. The Morgan fingerprint density at radius 2 is 1.68 bits per heavy atom. The van der Waals surface area contributed by atoms with Crippen LogP contribution in [0.5, 0.6) is 0 Å². The number of carboxylic acid groups (broad SMARTS) is 1. The molecule has 1 heterocycles. The van der Waals surface area contributed by atoms with E-state index in [4.69, 9.17) is 9.90 Å². The topological polar surface area (TPSA) is 148 Å². The van der Waals surface area contributed by atoms with Crippen molar-refractivity contribution in [1.82, 2.24) is 10.6 Å². The van der Waals surface area contributed by atoms with Gasteiger partial charge in [-0.1, -0.05) is 61.5 Å². The quantitative estimate of drug-likeness (QED) is 0.181. The molecule has 0 saturated carbocycles. The fourth-order valence-corrected chi connectivity index (χ4v) is 6.76. The molecular weight excluding hydrogens is 580 g/mol. The van der Waals surface area contributed by atoms with E-state index in [2.05, 4.69) is 41.1 Å². The van der Waals surface area contributed by atoms with Crippen molar-refractivity contribution in [3.63, 3.8) is 0 Å². The van der Waals surface area contributed by atoms with Gasteiger partial charge < -0.3 is 26.2 Å². The lowest BCUT2D eigenvalue weighted by Crippen LogP contribution is -2.48. The molecule has 238 valence electrons. The number of carbonyl (C=O) groups excluding carboxylic acids is 1. The number of nitrogens with zero attached hydrogens (tertiary/aromatic N) is 1. The normalized spacial score (nSPS) is 15.3. The van der Waals surface area contributed by atoms with Crippen molar-refractivity contribution in [2.75, 3.05) is 35.0 Å². The Balaban J connectivity index is 0.00000169. The van der Waals surface area contributed by atoms with Crippen LogP contribution in [0.3, 0.4) is 0 Å². The minimum atomic E-state index is -3.44. The minimum Gasteiger partial charge on any atom is -0.483 e. The predicted molar refractivity (Wildman–Crippen MR) is 175 cm³/mol. The number of aryl methyl sites for hydroxylation is 1. The predicted octanol–water partition coefficient (Wildman–Crippen LogP) is 3.80. The highest BCUT2D eigenvalue weighted by Gasteiger charge is 2.28. The molecule has 0 aliphatic carbocycles. The van der Waals surface area contributed by atoms with Crippen LogP contribution in [0.1, 0.15) is 53.7 Å². The number of benzene rings is 3. The van der Waals surface area contributed by atoms with Crippen molar-refractivity contribution in [2.45, 2.75) is 58.2 Å². The van der Waals surface area contributed by atoms with Crippen LogP contribution in [-0.4, -0.2) is 68.5 Å². The van der Waals surface area contributed by atoms with Gasteiger partial charge in [-0.05, 0) is 67.5 Å². The third kappa shape index (κ3) is 10.4. The molecule has 0 spiro atoms. The third-order valence-electron chi connectivity index (χ3n) is 7.36. The van der Waals surface area contributed by atoms with Crippen LogP contribution < -0.4 is 20.3 Å². The molecule has 0 unspecified atom stereocenters. The van der Waals surface area contributed by atoms with Gasteiger partial charge in [0, 0.05) is 37.4 Å². The molecule has 1 aliphatic heterocycles. The molecule has 5 N–H and O–H groups in total. The molecule has 0 bridgehead atoms. The summed E-state index contributed by atoms with van der Waals surface area (Å²) >= 11 is 0. The van der Waals surface area contributed by atoms with E-state index in [1.165, 1.54) is 9.87 Å². The molecule has 0 aromatic heterocycles. The van der Waals surface area contributed by atoms with Crippen LogP contribution in [0, 0.1) is 0 Å². The largest absolute Gasteiger partial charge is 0.483 e. The van der Waals surface area contributed by atoms with E-state index in [1.54, 1.807) is 18.2 Å². The number of carbonyl (C=O) groups is 2. The maximum Gasteiger partial charge on any atom is 0.290 e. The average Bonchev–Trinajstić information content (AvgIpc) is 3.01. The van der Waals surface area contributed by atoms with E-state index in [9.17, 15) is 18.3 Å². The molecule has 1 fully saturated rings. The molecule has 11 heteroatoms. The third-order valence-corrected chi connectivity index (χ3v) is 9.23. The summed E-state index contributed by atoms with van der Waals surface area (Å²) in [5, 5.41) is 27.7. The lowest BCUT2D eigenvalue weighted by atomic mass is 10.00. The highest BCUT2D eigenvalue weighted by Crippen LogP contribution is 2.28. The Bertz CT molecular complexity index is 1450. The summed E-state index contributed by atoms with van der Waals surface area (Å²) in [5.41, 5.74) is 4.88. The number of amides is 1. The smallest absolute Gasteiger partial charge is 0.290 e. The Labute approximate surface area is 260 Å². The molecule has 1 amide bonds. The minimum absolute atomic E-state index is 0.0983. The molecule has 0 radical (unpaired) electrons. The highest BCUT2D eigenvalue weighted by atomic mass is 32.2. The van der Waals surface area contributed by atoms with Gasteiger partial charge in [0.1, 0.15) is 0 Å². The first-order chi connectivity index (χ1) is 21.2. The maximum atomic E-state index is 13.6. The zero-order chi connectivity index (χ0) is 32.0. The molecule has 1 aliphatic rings. The summed E-state index contributed by atoms with van der Waals surface area (Å²) in [6, 6.07) is 22.7. The van der Waals surface area contributed by atoms with E-state index in [1.807, 2.05) is 43.3 Å². The van der Waals surface area contributed by atoms with Crippen molar-refractivity contribution in [3.05, 3.63) is 95.1 Å². The number of aliphatic hydroxyl groups is 1. The number of sulfonamides is 1. The molecule has 10 nitrogen and oxygen atoms in total. The van der Waals surface area contributed by atoms with E-state index in [-0.39, 0.29) is 18.1 Å². The van der Waals surface area contributed by atoms with Gasteiger partial charge >= 0.3 is 0 Å². The van der Waals surface area contributed by atoms with E-state index < -0.39 is 22.2 Å². The number of rotatable bonds is 13. The second-order valence-electron chi connectivity index (χ2n) is 10.6. The van der Waals surface area contributed by atoms with Crippen LogP contribution in [0.25, 0.3) is 0 Å². The molecule has 3 aromatic carbocycles. The number of aliphatic hydroxyl groups excluding tert-OH is 1. The van der Waals surface area contributed by atoms with Crippen LogP contribution in [0.4, 0.5) is 11.4 Å². The standard InChI is InChI=1S/C32H42N4O4S.CH2O2/c1-3-24-13-10-14-26(17-24)22-33-23-31(37)30(18-25-11-6-5-7-12-25)35-32(38)27-19-28(34-4-2)21-29(20-27)36-15-8-9-16-41(36,39)40;2-1-3/h5-7,10-14,17,19-21,30-31,33-34,37H,3-4,8-9,15-16,18,22-23H2,1-2H3,(H,35,38);1H,(H,2,3)/t30-,31+;/m0./s1. The second-order valence-corrected chi connectivity index (χ2v) is 12.7. The van der Waals surface area contributed by atoms with Crippen LogP contribution >= 0.6 is 0 Å². The summed E-state index contributed by atoms with van der Waals surface area (Å²) in [6.45, 7) is 5.73. The van der Waals surface area contributed by atoms with Gasteiger partial charge in [0.05, 0.1) is 23.6 Å². The molecule has 1 saturated heterocycles. The van der Waals surface area contributed by atoms with Gasteiger partial charge in [0.2, 0.25) is 10.0 Å². The SMILES string of the molecule is CCNc1cc(C(=O)N[C@@H](Cc2ccccc2)[C@H](O)CNCc2cccc(CC)c2)cc(N2CCCCS2(=O)=O)c1.O=CO. The summed E-state index contributed by atoms with van der Waals surface area (Å²) in [4.78, 5) is 22.0. The lowest BCUT2D eigenvalue weighted by Gasteiger charge is -2.29. The molecule has 3 aromatic rings. The summed E-state index contributed by atoms with van der Waals surface area (Å²) in [7, 11) is -3.44. The Morgan fingerprint density at radius 3 is 2.36 bits per heavy atom.